The lowest BCUT2D eigenvalue weighted by Crippen LogP contribution is -2.49. The molecule has 0 atom stereocenters. The maximum atomic E-state index is 12.4. The molecule has 0 radical (unpaired) electrons. The largest absolute Gasteiger partial charge is 0.464 e. The molecule has 2 fully saturated rings. The Morgan fingerprint density at radius 3 is 2.57 bits per heavy atom. The van der Waals surface area contributed by atoms with Gasteiger partial charge in [-0.3, -0.25) is 0 Å². The number of anilines is 1. The molecule has 156 valence electrons. The minimum atomic E-state index is -0.432. The molecule has 1 saturated carbocycles. The molecule has 0 unspecified atom stereocenters. The quantitative estimate of drug-likeness (QED) is 0.583. The van der Waals surface area contributed by atoms with E-state index in [1.807, 2.05) is 41.1 Å². The van der Waals surface area contributed by atoms with Gasteiger partial charge >= 0.3 is 5.97 Å². The number of methoxy groups -OCH3 is 2. The number of carbonyl (C=O) groups is 1. The molecular weight excluding hydrogens is 380 g/mol. The van der Waals surface area contributed by atoms with E-state index in [1.165, 1.54) is 13.5 Å². The van der Waals surface area contributed by atoms with Crippen LogP contribution < -0.4 is 4.90 Å². The molecule has 7 heteroatoms. The van der Waals surface area contributed by atoms with Gasteiger partial charge in [-0.25, -0.2) is 14.5 Å². The van der Waals surface area contributed by atoms with Crippen molar-refractivity contribution in [3.8, 4) is 5.69 Å². The van der Waals surface area contributed by atoms with Crippen molar-refractivity contribution in [2.75, 3.05) is 38.8 Å². The van der Waals surface area contributed by atoms with Crippen LogP contribution in [0.25, 0.3) is 16.7 Å². The summed E-state index contributed by atoms with van der Waals surface area (Å²) in [5, 5.41) is 6.08. The third-order valence-electron chi connectivity index (χ3n) is 6.23. The van der Waals surface area contributed by atoms with Crippen molar-refractivity contribution in [1.29, 1.82) is 0 Å². The van der Waals surface area contributed by atoms with Crippen LogP contribution in [-0.2, 0) is 9.47 Å². The van der Waals surface area contributed by atoms with Crippen LogP contribution in [0.1, 0.15) is 41.4 Å². The maximum Gasteiger partial charge on any atom is 0.356 e. The summed E-state index contributed by atoms with van der Waals surface area (Å²) < 4.78 is 12.2. The number of hydrogen-bond donors (Lipinski definition) is 0. The van der Waals surface area contributed by atoms with E-state index < -0.39 is 5.97 Å². The van der Waals surface area contributed by atoms with E-state index in [2.05, 4.69) is 4.90 Å². The van der Waals surface area contributed by atoms with Crippen molar-refractivity contribution in [3.05, 3.63) is 47.8 Å². The molecule has 2 aliphatic rings. The van der Waals surface area contributed by atoms with E-state index in [0.717, 1.165) is 60.6 Å². The van der Waals surface area contributed by atoms with Crippen molar-refractivity contribution in [2.45, 2.75) is 25.2 Å². The summed E-state index contributed by atoms with van der Waals surface area (Å²) in [6.07, 6.45) is 3.52. The van der Waals surface area contributed by atoms with Crippen LogP contribution in [0.4, 0.5) is 5.69 Å². The molecule has 0 spiro atoms. The first kappa shape index (κ1) is 19.1. The zero-order chi connectivity index (χ0) is 20.7. The number of fused-ring (bicyclic) bond motifs is 1. The van der Waals surface area contributed by atoms with Crippen LogP contribution in [0, 0.1) is 5.92 Å². The molecule has 30 heavy (non-hydrogen) atoms. The van der Waals surface area contributed by atoms with Gasteiger partial charge < -0.3 is 14.4 Å². The Morgan fingerprint density at radius 1 is 1.17 bits per heavy atom. The average molecular weight is 406 g/mol. The minimum Gasteiger partial charge on any atom is -0.464 e. The molecule has 3 heterocycles. The number of esters is 1. The number of para-hydroxylation sites is 1. The molecule has 3 aromatic rings. The van der Waals surface area contributed by atoms with Crippen molar-refractivity contribution >= 4 is 22.7 Å². The van der Waals surface area contributed by atoms with Gasteiger partial charge in [0.15, 0.2) is 11.3 Å². The van der Waals surface area contributed by atoms with Gasteiger partial charge in [0.25, 0.3) is 0 Å². The van der Waals surface area contributed by atoms with E-state index >= 15 is 0 Å². The Hall–Kier alpha value is -2.93. The molecule has 0 N–H and O–H groups in total. The number of hydrogen-bond acceptors (Lipinski definition) is 6. The first-order valence-corrected chi connectivity index (χ1v) is 10.5. The predicted octanol–water partition coefficient (Wildman–Crippen LogP) is 3.56. The molecule has 1 aliphatic carbocycles. The van der Waals surface area contributed by atoms with Crippen molar-refractivity contribution < 1.29 is 14.3 Å². The lowest BCUT2D eigenvalue weighted by atomic mass is 9.81. The number of nitrogens with zero attached hydrogens (tertiary/aromatic N) is 4. The van der Waals surface area contributed by atoms with Gasteiger partial charge in [0.05, 0.1) is 36.2 Å². The topological polar surface area (TPSA) is 69.5 Å². The lowest BCUT2D eigenvalue weighted by molar-refractivity contribution is 0.0594. The summed E-state index contributed by atoms with van der Waals surface area (Å²) in [7, 11) is 3.13. The fraction of sp³-hybridized carbons (Fsp3) is 0.435. The average Bonchev–Trinajstić information content (AvgIpc) is 3.08. The molecule has 2 aromatic heterocycles. The highest BCUT2D eigenvalue weighted by molar-refractivity contribution is 5.99. The summed E-state index contributed by atoms with van der Waals surface area (Å²) >= 11 is 0. The Kier molecular flexibility index (Phi) is 4.90. The smallest absolute Gasteiger partial charge is 0.356 e. The molecule has 1 aromatic carbocycles. The molecule has 7 nitrogen and oxygen atoms in total. The van der Waals surface area contributed by atoms with Crippen LogP contribution in [0.5, 0.6) is 0 Å². The number of pyridine rings is 1. The van der Waals surface area contributed by atoms with E-state index in [0.29, 0.717) is 17.5 Å². The van der Waals surface area contributed by atoms with Gasteiger partial charge in [-0.1, -0.05) is 24.6 Å². The van der Waals surface area contributed by atoms with Gasteiger partial charge in [-0.15, -0.1) is 0 Å². The van der Waals surface area contributed by atoms with Crippen LogP contribution >= 0.6 is 0 Å². The Balaban J connectivity index is 1.70. The van der Waals surface area contributed by atoms with Crippen molar-refractivity contribution in [3.63, 3.8) is 0 Å². The fourth-order valence-corrected chi connectivity index (χ4v) is 4.41. The maximum absolute atomic E-state index is 12.4. The number of rotatable bonds is 6. The molecular formula is C23H26N4O3. The summed E-state index contributed by atoms with van der Waals surface area (Å²) in [4.78, 5) is 19.4. The third-order valence-corrected chi connectivity index (χ3v) is 6.23. The predicted molar refractivity (Wildman–Crippen MR) is 114 cm³/mol. The zero-order valence-corrected chi connectivity index (χ0v) is 17.4. The molecule has 5 rings (SSSR count). The molecule has 1 saturated heterocycles. The van der Waals surface area contributed by atoms with Crippen LogP contribution in [-0.4, -0.2) is 54.6 Å². The highest BCUT2D eigenvalue weighted by atomic mass is 16.5. The minimum absolute atomic E-state index is 0.312. The van der Waals surface area contributed by atoms with Gasteiger partial charge in [-0.05, 0) is 31.0 Å². The standard InChI is InChI=1S/C23H26N4O3/c1-29-14-15-12-26(13-15)19-11-18(23(28)30-2)24-22-20(19)21(16-7-6-8-16)25-27(22)17-9-4-3-5-10-17/h3-5,9-11,15-16H,6-8,12-14H2,1-2H3. The number of carbonyl (C=O) groups excluding carboxylic acids is 1. The Morgan fingerprint density at radius 2 is 1.93 bits per heavy atom. The number of aromatic nitrogens is 3. The summed E-state index contributed by atoms with van der Waals surface area (Å²) in [5.41, 5.74) is 4.09. The van der Waals surface area contributed by atoms with Crippen LogP contribution in [0.2, 0.25) is 0 Å². The highest BCUT2D eigenvalue weighted by Crippen LogP contribution is 2.43. The summed E-state index contributed by atoms with van der Waals surface area (Å²) in [5.74, 6) is 0.507. The monoisotopic (exact) mass is 406 g/mol. The number of benzene rings is 1. The van der Waals surface area contributed by atoms with Crippen molar-refractivity contribution in [2.24, 2.45) is 5.92 Å². The summed E-state index contributed by atoms with van der Waals surface area (Å²) in [6.45, 7) is 2.54. The normalized spacial score (nSPS) is 17.1. The van der Waals surface area contributed by atoms with Crippen LogP contribution in [0.15, 0.2) is 36.4 Å². The second-order valence-electron chi connectivity index (χ2n) is 8.20. The number of ether oxygens (including phenoxy) is 2. The molecule has 1 aliphatic heterocycles. The second-order valence-corrected chi connectivity index (χ2v) is 8.20. The van der Waals surface area contributed by atoms with E-state index in [1.54, 1.807) is 7.11 Å². The van der Waals surface area contributed by atoms with Gasteiger partial charge in [-0.2, -0.15) is 5.10 Å². The lowest BCUT2D eigenvalue weighted by Gasteiger charge is -2.41. The van der Waals surface area contributed by atoms with Gasteiger partial charge in [0.2, 0.25) is 0 Å². The van der Waals surface area contributed by atoms with Crippen molar-refractivity contribution in [1.82, 2.24) is 14.8 Å². The Labute approximate surface area is 175 Å². The van der Waals surface area contributed by atoms with E-state index in [9.17, 15) is 4.79 Å². The first-order chi connectivity index (χ1) is 14.7. The van der Waals surface area contributed by atoms with E-state index in [4.69, 9.17) is 19.6 Å². The fourth-order valence-electron chi connectivity index (χ4n) is 4.41. The van der Waals surface area contributed by atoms with E-state index in [-0.39, 0.29) is 0 Å². The van der Waals surface area contributed by atoms with Gasteiger partial charge in [0.1, 0.15) is 0 Å². The first-order valence-electron chi connectivity index (χ1n) is 10.5. The molecule has 0 bridgehead atoms. The SMILES string of the molecule is COCC1CN(c2cc(C(=O)OC)nc3c2c(C2CCC2)nn3-c2ccccc2)C1. The zero-order valence-electron chi connectivity index (χ0n) is 17.4. The third kappa shape index (κ3) is 3.13. The second kappa shape index (κ2) is 7.72. The van der Waals surface area contributed by atoms with Gasteiger partial charge in [0, 0.05) is 32.0 Å². The Bertz CT molecular complexity index is 1070. The highest BCUT2D eigenvalue weighted by Gasteiger charge is 2.34. The molecule has 0 amide bonds. The van der Waals surface area contributed by atoms with Crippen LogP contribution in [0.3, 0.4) is 0 Å². The summed E-state index contributed by atoms with van der Waals surface area (Å²) in [6, 6.07) is 11.9.